The Kier molecular flexibility index (Phi) is 6.38. The molecule has 14 heteroatoms. The summed E-state index contributed by atoms with van der Waals surface area (Å²) in [4.78, 5) is 32.4. The van der Waals surface area contributed by atoms with E-state index in [1.54, 1.807) is 6.07 Å². The summed E-state index contributed by atoms with van der Waals surface area (Å²) in [5, 5.41) is 18.1. The molecule has 11 nitrogen and oxygen atoms in total. The molecule has 0 spiro atoms. The Morgan fingerprint density at radius 1 is 1.03 bits per heavy atom. The Morgan fingerprint density at radius 3 is 2.50 bits per heavy atom. The number of ether oxygens (including phenoxy) is 2. The minimum atomic E-state index is -0.644. The summed E-state index contributed by atoms with van der Waals surface area (Å²) in [6.07, 6.45) is 1.39. The smallest absolute Gasteiger partial charge is 0.324 e. The van der Waals surface area contributed by atoms with Crippen LogP contribution in [0, 0.1) is 21.7 Å². The van der Waals surface area contributed by atoms with Crippen LogP contribution in [0.1, 0.15) is 9.67 Å². The van der Waals surface area contributed by atoms with E-state index in [2.05, 4.69) is 20.4 Å². The lowest BCUT2D eigenvalue weighted by Gasteiger charge is -2.10. The molecule has 0 aliphatic rings. The van der Waals surface area contributed by atoms with E-state index < -0.39 is 22.5 Å². The van der Waals surface area contributed by atoms with E-state index in [0.717, 1.165) is 0 Å². The SMILES string of the molecule is COc1ccc(-n2ncc3c(NC(=O)c4ccc([N+](=O)[O-])s4)nc(-c4ccc(F)c(OC)c4)nc32)cc1F. The van der Waals surface area contributed by atoms with Gasteiger partial charge in [-0.2, -0.15) is 5.10 Å². The third-order valence-corrected chi connectivity index (χ3v) is 6.48. The van der Waals surface area contributed by atoms with Crippen molar-refractivity contribution in [2.75, 3.05) is 19.5 Å². The van der Waals surface area contributed by atoms with Crippen LogP contribution in [-0.2, 0) is 0 Å². The van der Waals surface area contributed by atoms with Gasteiger partial charge in [-0.05, 0) is 36.4 Å². The molecular weight excluding hydrogens is 522 g/mol. The quantitative estimate of drug-likeness (QED) is 0.226. The summed E-state index contributed by atoms with van der Waals surface area (Å²) in [6.45, 7) is 0. The number of benzene rings is 2. The lowest BCUT2D eigenvalue weighted by molar-refractivity contribution is -0.380. The van der Waals surface area contributed by atoms with Gasteiger partial charge in [0, 0.05) is 17.7 Å². The summed E-state index contributed by atoms with van der Waals surface area (Å²) >= 11 is 0.701. The maximum Gasteiger partial charge on any atom is 0.324 e. The van der Waals surface area contributed by atoms with Gasteiger partial charge in [-0.3, -0.25) is 14.9 Å². The van der Waals surface area contributed by atoms with E-state index in [0.29, 0.717) is 28.0 Å². The molecule has 38 heavy (non-hydrogen) atoms. The first-order valence-corrected chi connectivity index (χ1v) is 11.6. The highest BCUT2D eigenvalue weighted by Gasteiger charge is 2.21. The molecule has 0 fully saturated rings. The number of carbonyl (C=O) groups excluding carboxylic acids is 1. The lowest BCUT2D eigenvalue weighted by atomic mass is 10.2. The van der Waals surface area contributed by atoms with Gasteiger partial charge in [0.15, 0.2) is 34.6 Å². The summed E-state index contributed by atoms with van der Waals surface area (Å²) < 4.78 is 39.9. The number of rotatable bonds is 7. The van der Waals surface area contributed by atoms with Crippen LogP contribution in [0.25, 0.3) is 28.1 Å². The highest BCUT2D eigenvalue weighted by Crippen LogP contribution is 2.31. The number of anilines is 1. The number of thiophene rings is 1. The predicted molar refractivity (Wildman–Crippen MR) is 134 cm³/mol. The maximum atomic E-state index is 14.5. The van der Waals surface area contributed by atoms with Crippen LogP contribution in [0.4, 0.5) is 19.6 Å². The fourth-order valence-corrected chi connectivity index (χ4v) is 4.34. The zero-order valence-corrected chi connectivity index (χ0v) is 20.5. The highest BCUT2D eigenvalue weighted by atomic mass is 32.1. The van der Waals surface area contributed by atoms with E-state index in [1.165, 1.54) is 67.6 Å². The van der Waals surface area contributed by atoms with Crippen molar-refractivity contribution in [3.8, 4) is 28.6 Å². The molecule has 3 aromatic heterocycles. The molecule has 5 aromatic rings. The second kappa shape index (κ2) is 9.82. The third-order valence-electron chi connectivity index (χ3n) is 5.45. The molecule has 0 aliphatic heterocycles. The molecule has 1 amide bonds. The molecule has 0 radical (unpaired) electrons. The van der Waals surface area contributed by atoms with Crippen molar-refractivity contribution in [3.63, 3.8) is 0 Å². The van der Waals surface area contributed by atoms with E-state index in [9.17, 15) is 23.7 Å². The van der Waals surface area contributed by atoms with E-state index in [-0.39, 0.29) is 38.7 Å². The number of carbonyl (C=O) groups is 1. The average molecular weight is 538 g/mol. The monoisotopic (exact) mass is 538 g/mol. The first kappa shape index (κ1) is 24.7. The second-order valence-corrected chi connectivity index (χ2v) is 8.77. The topological polar surface area (TPSA) is 134 Å². The van der Waals surface area contributed by atoms with E-state index in [1.807, 2.05) is 0 Å². The lowest BCUT2D eigenvalue weighted by Crippen LogP contribution is -2.13. The largest absolute Gasteiger partial charge is 0.494 e. The Bertz CT molecular complexity index is 1720. The predicted octanol–water partition coefficient (Wildman–Crippen LogP) is 5.00. The molecule has 0 unspecified atom stereocenters. The molecule has 2 aromatic carbocycles. The molecule has 0 saturated heterocycles. The number of nitro groups is 1. The van der Waals surface area contributed by atoms with Gasteiger partial charge in [0.05, 0.1) is 41.3 Å². The number of nitrogens with zero attached hydrogens (tertiary/aromatic N) is 5. The molecule has 5 rings (SSSR count). The summed E-state index contributed by atoms with van der Waals surface area (Å²) in [7, 11) is 2.65. The first-order valence-electron chi connectivity index (χ1n) is 10.8. The minimum absolute atomic E-state index is 0.0366. The average Bonchev–Trinajstić information content (AvgIpc) is 3.57. The van der Waals surface area contributed by atoms with Gasteiger partial charge in [-0.1, -0.05) is 11.3 Å². The van der Waals surface area contributed by atoms with Crippen LogP contribution >= 0.6 is 11.3 Å². The Morgan fingerprint density at radius 2 is 1.82 bits per heavy atom. The minimum Gasteiger partial charge on any atom is -0.494 e. The Hall–Kier alpha value is -4.98. The van der Waals surface area contributed by atoms with E-state index in [4.69, 9.17) is 9.47 Å². The number of nitrogens with one attached hydrogen (secondary N) is 1. The van der Waals surface area contributed by atoms with Gasteiger partial charge < -0.3 is 14.8 Å². The van der Waals surface area contributed by atoms with Gasteiger partial charge in [-0.25, -0.2) is 23.4 Å². The zero-order valence-electron chi connectivity index (χ0n) is 19.6. The second-order valence-electron chi connectivity index (χ2n) is 7.71. The third kappa shape index (κ3) is 4.48. The fraction of sp³-hybridized carbons (Fsp3) is 0.0833. The van der Waals surface area contributed by atoms with Gasteiger partial charge in [0.2, 0.25) is 0 Å². The molecular formula is C24H16F2N6O5S. The zero-order chi connectivity index (χ0) is 27.0. The fourth-order valence-electron chi connectivity index (χ4n) is 3.62. The molecule has 3 heterocycles. The molecule has 0 aliphatic carbocycles. The summed E-state index contributed by atoms with van der Waals surface area (Å²) in [5.74, 6) is -1.75. The summed E-state index contributed by atoms with van der Waals surface area (Å²) in [6, 6.07) is 10.8. The van der Waals surface area contributed by atoms with Crippen LogP contribution in [-0.4, -0.2) is 44.8 Å². The van der Waals surface area contributed by atoms with Gasteiger partial charge in [-0.15, -0.1) is 0 Å². The van der Waals surface area contributed by atoms with Crippen LogP contribution in [0.2, 0.25) is 0 Å². The van der Waals surface area contributed by atoms with Gasteiger partial charge in [0.25, 0.3) is 5.91 Å². The number of halogens is 2. The molecule has 0 atom stereocenters. The molecule has 0 saturated carbocycles. The Labute approximate surface area is 216 Å². The summed E-state index contributed by atoms with van der Waals surface area (Å²) in [5.41, 5.74) is 0.877. The standard InChI is InChI=1S/C24H16F2N6O5S/c1-36-17-6-4-13(10-16(17)26)31-23-14(11-27-31)22(30-24(33)19-7-8-20(38-19)32(34)35)28-21(29-23)12-3-5-15(25)18(9-12)37-2/h3-11H,1-2H3,(H,28,29,30,33). The van der Waals surface area contributed by atoms with Gasteiger partial charge >= 0.3 is 5.00 Å². The van der Waals surface area contributed by atoms with Crippen molar-refractivity contribution in [1.29, 1.82) is 0 Å². The number of fused-ring (bicyclic) bond motifs is 1. The van der Waals surface area contributed by atoms with Crippen LogP contribution in [0.3, 0.4) is 0 Å². The van der Waals surface area contributed by atoms with Crippen molar-refractivity contribution < 1.29 is 28.0 Å². The van der Waals surface area contributed by atoms with Crippen LogP contribution in [0.15, 0.2) is 54.7 Å². The first-order chi connectivity index (χ1) is 18.3. The normalized spacial score (nSPS) is 10.9. The van der Waals surface area contributed by atoms with Crippen molar-refractivity contribution in [2.45, 2.75) is 0 Å². The maximum absolute atomic E-state index is 14.5. The number of hydrogen-bond acceptors (Lipinski definition) is 9. The number of aromatic nitrogens is 4. The van der Waals surface area contributed by atoms with Crippen LogP contribution in [0.5, 0.6) is 11.5 Å². The van der Waals surface area contributed by atoms with Gasteiger partial charge in [0.1, 0.15) is 5.82 Å². The van der Waals surface area contributed by atoms with E-state index >= 15 is 0 Å². The van der Waals surface area contributed by atoms with Crippen molar-refractivity contribution >= 4 is 39.1 Å². The van der Waals surface area contributed by atoms with Crippen molar-refractivity contribution in [1.82, 2.24) is 19.7 Å². The Balaban J connectivity index is 1.66. The molecule has 0 bridgehead atoms. The number of methoxy groups -OCH3 is 2. The van der Waals surface area contributed by atoms with Crippen molar-refractivity contribution in [3.05, 3.63) is 81.4 Å². The molecule has 192 valence electrons. The molecule has 1 N–H and O–H groups in total. The van der Waals surface area contributed by atoms with Crippen LogP contribution < -0.4 is 14.8 Å². The van der Waals surface area contributed by atoms with Crippen molar-refractivity contribution in [2.24, 2.45) is 0 Å². The number of hydrogen-bond donors (Lipinski definition) is 1. The number of amides is 1. The highest BCUT2D eigenvalue weighted by molar-refractivity contribution is 7.17.